The van der Waals surface area contributed by atoms with Gasteiger partial charge < -0.3 is 14.2 Å². The maximum Gasteiger partial charge on any atom is 0.141 e. The van der Waals surface area contributed by atoms with Gasteiger partial charge in [-0.3, -0.25) is 20.7 Å². The van der Waals surface area contributed by atoms with Gasteiger partial charge in [-0.15, -0.1) is 0 Å². The highest BCUT2D eigenvalue weighted by molar-refractivity contribution is 5.96. The molecule has 1 atom stereocenters. The summed E-state index contributed by atoms with van der Waals surface area (Å²) in [6.07, 6.45) is 7.62. The fourth-order valence-electron chi connectivity index (χ4n) is 2.47. The topological polar surface area (TPSA) is 88.8 Å². The number of hydrogen-bond donors (Lipinski definition) is 2. The fraction of sp³-hybridized carbons (Fsp3) is 0.737. The smallest absolute Gasteiger partial charge is 0.141 e. The number of unbranched alkanes of at least 4 members (excludes halogenated alkanes) is 1. The molecule has 0 aromatic rings. The zero-order valence-corrected chi connectivity index (χ0v) is 16.8. The second-order valence-electron chi connectivity index (χ2n) is 6.04. The van der Waals surface area contributed by atoms with Crippen molar-refractivity contribution >= 4 is 18.3 Å². The molecule has 1 aliphatic heterocycles. The lowest BCUT2D eigenvalue weighted by molar-refractivity contribution is 0.101. The molecule has 1 rings (SSSR count). The zero-order valence-electron chi connectivity index (χ0n) is 16.8. The Morgan fingerprint density at radius 1 is 1.19 bits per heavy atom. The van der Waals surface area contributed by atoms with Gasteiger partial charge in [-0.2, -0.15) is 5.10 Å². The standard InChI is InChI=1S/C19H35N5O3/c1-4-26-15-11-21-18-9-10-19(24-20-2)22-16-17(23-18)8-5-6-13-27-14-7-12-25-3/h9-10,18,21H,2,4-8,11-16H2,1,3H3,(H,22,24)/b10-9?,23-17-. The van der Waals surface area contributed by atoms with Gasteiger partial charge in [0.25, 0.3) is 0 Å². The molecule has 0 fully saturated rings. The summed E-state index contributed by atoms with van der Waals surface area (Å²) in [5, 5.41) is 7.08. The molecule has 0 amide bonds. The van der Waals surface area contributed by atoms with Crippen molar-refractivity contribution in [2.24, 2.45) is 15.1 Å². The Hall–Kier alpha value is -1.61. The summed E-state index contributed by atoms with van der Waals surface area (Å²) in [5.41, 5.74) is 3.88. The Balaban J connectivity index is 2.44. The second kappa shape index (κ2) is 16.6. The van der Waals surface area contributed by atoms with E-state index in [9.17, 15) is 0 Å². The van der Waals surface area contributed by atoms with Crippen LogP contribution in [0.5, 0.6) is 0 Å². The zero-order chi connectivity index (χ0) is 19.6. The number of ether oxygens (including phenoxy) is 3. The first-order valence-electron chi connectivity index (χ1n) is 9.67. The Morgan fingerprint density at radius 3 is 2.81 bits per heavy atom. The van der Waals surface area contributed by atoms with E-state index < -0.39 is 0 Å². The van der Waals surface area contributed by atoms with E-state index in [2.05, 4.69) is 27.6 Å². The van der Waals surface area contributed by atoms with Crippen LogP contribution in [0.4, 0.5) is 0 Å². The Kier molecular flexibility index (Phi) is 14.4. The van der Waals surface area contributed by atoms with Gasteiger partial charge in [0.05, 0.1) is 13.2 Å². The monoisotopic (exact) mass is 381 g/mol. The van der Waals surface area contributed by atoms with E-state index in [-0.39, 0.29) is 6.17 Å². The largest absolute Gasteiger partial charge is 0.385 e. The first kappa shape index (κ1) is 23.4. The van der Waals surface area contributed by atoms with Crippen molar-refractivity contribution in [1.29, 1.82) is 0 Å². The maximum atomic E-state index is 5.60. The molecule has 1 unspecified atom stereocenters. The van der Waals surface area contributed by atoms with E-state index in [1.54, 1.807) is 7.11 Å². The molecule has 0 bridgehead atoms. The molecular formula is C19H35N5O3. The quantitative estimate of drug-likeness (QED) is 0.256. The minimum Gasteiger partial charge on any atom is -0.385 e. The lowest BCUT2D eigenvalue weighted by Crippen LogP contribution is -2.32. The van der Waals surface area contributed by atoms with E-state index >= 15 is 0 Å². The van der Waals surface area contributed by atoms with Crippen LogP contribution in [0.25, 0.3) is 0 Å². The van der Waals surface area contributed by atoms with Crippen LogP contribution in [0.2, 0.25) is 0 Å². The average molecular weight is 382 g/mol. The van der Waals surface area contributed by atoms with Gasteiger partial charge in [-0.25, -0.2) is 0 Å². The van der Waals surface area contributed by atoms with Gasteiger partial charge in [0.15, 0.2) is 0 Å². The van der Waals surface area contributed by atoms with Crippen molar-refractivity contribution in [2.75, 3.05) is 53.2 Å². The Morgan fingerprint density at radius 2 is 2.04 bits per heavy atom. The number of rotatable bonds is 15. The molecule has 154 valence electrons. The highest BCUT2D eigenvalue weighted by atomic mass is 16.5. The average Bonchev–Trinajstić information content (AvgIpc) is 2.66. The van der Waals surface area contributed by atoms with Gasteiger partial charge in [0, 0.05) is 52.5 Å². The molecule has 8 nitrogen and oxygen atoms in total. The summed E-state index contributed by atoms with van der Waals surface area (Å²) in [5.74, 6) is 0.690. The molecule has 1 aliphatic rings. The van der Waals surface area contributed by atoms with Gasteiger partial charge in [-0.1, -0.05) is 0 Å². The molecule has 1 heterocycles. The summed E-state index contributed by atoms with van der Waals surface area (Å²) < 4.78 is 16.0. The van der Waals surface area contributed by atoms with Gasteiger partial charge in [0.2, 0.25) is 0 Å². The maximum absolute atomic E-state index is 5.60. The lowest BCUT2D eigenvalue weighted by atomic mass is 10.1. The van der Waals surface area contributed by atoms with Crippen LogP contribution < -0.4 is 10.7 Å². The van der Waals surface area contributed by atoms with Crippen LogP contribution >= 0.6 is 0 Å². The third-order valence-electron chi connectivity index (χ3n) is 3.83. The number of amidine groups is 1. The first-order chi connectivity index (χ1) is 13.3. The normalized spacial score (nSPS) is 19.0. The predicted octanol–water partition coefficient (Wildman–Crippen LogP) is 1.78. The molecule has 2 N–H and O–H groups in total. The third kappa shape index (κ3) is 12.4. The van der Waals surface area contributed by atoms with Crippen molar-refractivity contribution in [3.05, 3.63) is 12.2 Å². The summed E-state index contributed by atoms with van der Waals surface area (Å²) in [6, 6.07) is 0. The van der Waals surface area contributed by atoms with E-state index in [0.717, 1.165) is 64.4 Å². The number of hydrogen-bond acceptors (Lipinski definition) is 8. The van der Waals surface area contributed by atoms with Crippen LogP contribution in [0.15, 0.2) is 27.2 Å². The van der Waals surface area contributed by atoms with Crippen LogP contribution in [-0.2, 0) is 14.2 Å². The molecule has 0 spiro atoms. The molecule has 0 radical (unpaired) electrons. The van der Waals surface area contributed by atoms with Crippen LogP contribution in [-0.4, -0.2) is 77.7 Å². The van der Waals surface area contributed by atoms with E-state index in [0.29, 0.717) is 19.0 Å². The Labute approximate surface area is 163 Å². The van der Waals surface area contributed by atoms with Gasteiger partial charge in [0.1, 0.15) is 12.0 Å². The van der Waals surface area contributed by atoms with E-state index in [1.807, 2.05) is 19.1 Å². The van der Waals surface area contributed by atoms with Crippen molar-refractivity contribution in [2.45, 2.75) is 38.8 Å². The molecule has 27 heavy (non-hydrogen) atoms. The van der Waals surface area contributed by atoms with E-state index in [1.165, 1.54) is 0 Å². The summed E-state index contributed by atoms with van der Waals surface area (Å²) in [6.45, 7) is 10.4. The number of nitrogens with zero attached hydrogens (tertiary/aromatic N) is 3. The molecule has 0 saturated carbocycles. The molecule has 0 aromatic carbocycles. The highest BCUT2D eigenvalue weighted by Gasteiger charge is 2.09. The van der Waals surface area contributed by atoms with Crippen molar-refractivity contribution in [3.8, 4) is 0 Å². The van der Waals surface area contributed by atoms with Crippen molar-refractivity contribution < 1.29 is 14.2 Å². The minimum absolute atomic E-state index is 0.0946. The van der Waals surface area contributed by atoms with Crippen molar-refractivity contribution in [1.82, 2.24) is 10.7 Å². The number of aliphatic imine (C=N–C) groups is 2. The van der Waals surface area contributed by atoms with Crippen LogP contribution in [0.3, 0.4) is 0 Å². The number of methoxy groups -OCH3 is 1. The highest BCUT2D eigenvalue weighted by Crippen LogP contribution is 2.05. The summed E-state index contributed by atoms with van der Waals surface area (Å²) in [4.78, 5) is 9.31. The second-order valence-corrected chi connectivity index (χ2v) is 6.04. The molecule has 0 aromatic heterocycles. The summed E-state index contributed by atoms with van der Waals surface area (Å²) >= 11 is 0. The van der Waals surface area contributed by atoms with Gasteiger partial charge in [-0.05, 0) is 44.8 Å². The molecule has 0 aliphatic carbocycles. The van der Waals surface area contributed by atoms with Gasteiger partial charge >= 0.3 is 0 Å². The SMILES string of the molecule is C=NNC1=NC/C(CCCCOCCCOC)=N\C(NCCOCC)C=C1. The minimum atomic E-state index is -0.0946. The molecular weight excluding hydrogens is 346 g/mol. The summed E-state index contributed by atoms with van der Waals surface area (Å²) in [7, 11) is 1.71. The third-order valence-corrected chi connectivity index (χ3v) is 3.83. The number of nitrogens with one attached hydrogen (secondary N) is 2. The number of hydrazone groups is 1. The first-order valence-corrected chi connectivity index (χ1v) is 9.67. The lowest BCUT2D eigenvalue weighted by Gasteiger charge is -2.16. The van der Waals surface area contributed by atoms with Crippen LogP contribution in [0, 0.1) is 0 Å². The molecule has 0 saturated heterocycles. The fourth-order valence-corrected chi connectivity index (χ4v) is 2.47. The van der Waals surface area contributed by atoms with Crippen LogP contribution in [0.1, 0.15) is 32.6 Å². The predicted molar refractivity (Wildman–Crippen MR) is 111 cm³/mol. The van der Waals surface area contributed by atoms with Crippen molar-refractivity contribution in [3.63, 3.8) is 0 Å². The Bertz CT molecular complexity index is 480. The molecule has 8 heteroatoms. The van der Waals surface area contributed by atoms with E-state index in [4.69, 9.17) is 19.2 Å².